The normalized spacial score (nSPS) is 37.3. The third-order valence-electron chi connectivity index (χ3n) is 2.40. The van der Waals surface area contributed by atoms with Gasteiger partial charge in [0.15, 0.2) is 0 Å². The summed E-state index contributed by atoms with van der Waals surface area (Å²) in [6.45, 7) is 7.12. The number of rotatable bonds is 0. The number of hydrogen-bond donors (Lipinski definition) is 2. The number of hydrogen-bond acceptors (Lipinski definition) is 6. The Morgan fingerprint density at radius 3 is 0.941 bits per heavy atom. The molecule has 0 spiro atoms. The summed E-state index contributed by atoms with van der Waals surface area (Å²) >= 11 is 0. The number of nitrogens with zero attached hydrogens (tertiary/aromatic N) is 4. The Bertz CT molecular complexity index is 275. The van der Waals surface area contributed by atoms with Crippen LogP contribution in [0.3, 0.4) is 0 Å². The maximum atomic E-state index is 8.74. The molecule has 4 rings (SSSR count). The van der Waals surface area contributed by atoms with Gasteiger partial charge in [0.05, 0.1) is 40.0 Å². The van der Waals surface area contributed by atoms with Crippen LogP contribution in [-0.2, 0) is 27.5 Å². The summed E-state index contributed by atoms with van der Waals surface area (Å²) in [5.74, 6) is 0. The molecule has 0 unspecified atom stereocenters. The second-order valence-electron chi connectivity index (χ2n) is 3.98. The quantitative estimate of drug-likeness (QED) is 0.371. The second kappa shape index (κ2) is 6.38. The first-order valence-corrected chi connectivity index (χ1v) is 5.89. The van der Waals surface area contributed by atoms with Crippen molar-refractivity contribution < 1.29 is 40.1 Å². The fraction of sp³-hybridized carbons (Fsp3) is 1.00. The Balaban J connectivity index is 0.000000328. The standard InChI is InChI=1S/C6H12N4.Cu.H2O4S.H2O/c1-7-2-9-4-8(1)5-10(3-7)6-9;;1-5(2,3)4;/h1-6H2;;(H2,1,2,3,4);1H2. The van der Waals surface area contributed by atoms with Crippen molar-refractivity contribution in [2.45, 2.75) is 0 Å². The van der Waals surface area contributed by atoms with Crippen LogP contribution in [0.15, 0.2) is 0 Å². The van der Waals surface area contributed by atoms with E-state index in [-0.39, 0.29) is 22.5 Å². The molecule has 0 amide bonds. The molecule has 4 heterocycles. The molecule has 4 N–H and O–H groups in total. The fourth-order valence-electron chi connectivity index (χ4n) is 2.23. The largest absolute Gasteiger partial charge is 0.412 e. The molecule has 17 heavy (non-hydrogen) atoms. The Morgan fingerprint density at radius 1 is 0.706 bits per heavy atom. The molecule has 0 aromatic rings. The molecule has 0 aromatic heterocycles. The molecule has 0 aliphatic carbocycles. The minimum atomic E-state index is -4.67. The van der Waals surface area contributed by atoms with E-state index in [0.717, 1.165) is 0 Å². The maximum Gasteiger partial charge on any atom is 0.394 e. The Hall–Kier alpha value is 0.189. The first-order valence-electron chi connectivity index (χ1n) is 4.49. The molecule has 107 valence electrons. The molecule has 4 fully saturated rings. The van der Waals surface area contributed by atoms with E-state index in [4.69, 9.17) is 17.5 Å². The van der Waals surface area contributed by atoms with Crippen LogP contribution >= 0.6 is 0 Å². The molecule has 4 saturated heterocycles. The van der Waals surface area contributed by atoms with E-state index in [9.17, 15) is 0 Å². The van der Waals surface area contributed by atoms with Gasteiger partial charge in [-0.2, -0.15) is 8.42 Å². The smallest absolute Gasteiger partial charge is 0.394 e. The molecular weight excluding hydrogens is 304 g/mol. The van der Waals surface area contributed by atoms with Gasteiger partial charge in [-0.1, -0.05) is 0 Å². The van der Waals surface area contributed by atoms with Crippen molar-refractivity contribution in [2.24, 2.45) is 0 Å². The Kier molecular flexibility index (Phi) is 6.45. The van der Waals surface area contributed by atoms with Gasteiger partial charge in [-0.25, -0.2) is 0 Å². The molecule has 11 heteroatoms. The van der Waals surface area contributed by atoms with E-state index in [0.29, 0.717) is 0 Å². The Labute approximate surface area is 110 Å². The van der Waals surface area contributed by atoms with Gasteiger partial charge in [0, 0.05) is 17.1 Å². The van der Waals surface area contributed by atoms with Gasteiger partial charge in [0.1, 0.15) is 0 Å². The fourth-order valence-corrected chi connectivity index (χ4v) is 2.23. The molecular formula is C6H16CuN4O5S. The summed E-state index contributed by atoms with van der Waals surface area (Å²) in [6, 6.07) is 0. The monoisotopic (exact) mass is 319 g/mol. The predicted molar refractivity (Wildman–Crippen MR) is 54.3 cm³/mol. The van der Waals surface area contributed by atoms with Crippen molar-refractivity contribution in [3.8, 4) is 0 Å². The van der Waals surface area contributed by atoms with E-state index in [1.54, 1.807) is 0 Å². The summed E-state index contributed by atoms with van der Waals surface area (Å²) < 4.78 is 31.6. The van der Waals surface area contributed by atoms with Gasteiger partial charge in [0.25, 0.3) is 0 Å². The van der Waals surface area contributed by atoms with Gasteiger partial charge in [-0.05, 0) is 0 Å². The van der Waals surface area contributed by atoms with Crippen molar-refractivity contribution in [1.82, 2.24) is 19.6 Å². The zero-order chi connectivity index (χ0) is 11.1. The van der Waals surface area contributed by atoms with Crippen molar-refractivity contribution in [3.05, 3.63) is 0 Å². The maximum absolute atomic E-state index is 8.74. The summed E-state index contributed by atoms with van der Waals surface area (Å²) in [4.78, 5) is 9.88. The summed E-state index contributed by atoms with van der Waals surface area (Å²) in [5, 5.41) is 0. The van der Waals surface area contributed by atoms with Crippen molar-refractivity contribution >= 4 is 10.4 Å². The molecule has 1 radical (unpaired) electrons. The summed E-state index contributed by atoms with van der Waals surface area (Å²) in [5.41, 5.74) is 0. The van der Waals surface area contributed by atoms with E-state index < -0.39 is 10.4 Å². The average Bonchev–Trinajstić information content (AvgIpc) is 1.96. The van der Waals surface area contributed by atoms with Crippen molar-refractivity contribution in [1.29, 1.82) is 0 Å². The molecule has 4 aliphatic rings. The second-order valence-corrected chi connectivity index (χ2v) is 4.88. The first kappa shape index (κ1) is 17.2. The first-order chi connectivity index (χ1) is 6.90. The molecule has 4 bridgehead atoms. The van der Waals surface area contributed by atoms with Crippen LogP contribution in [0.2, 0.25) is 0 Å². The van der Waals surface area contributed by atoms with Crippen LogP contribution in [0.1, 0.15) is 0 Å². The van der Waals surface area contributed by atoms with Crippen LogP contribution in [0.4, 0.5) is 0 Å². The minimum Gasteiger partial charge on any atom is -0.412 e. The van der Waals surface area contributed by atoms with E-state index >= 15 is 0 Å². The van der Waals surface area contributed by atoms with E-state index in [1.165, 1.54) is 40.0 Å². The third kappa shape index (κ3) is 5.57. The predicted octanol–water partition coefficient (Wildman–Crippen LogP) is -2.50. The van der Waals surface area contributed by atoms with Crippen LogP contribution in [-0.4, -0.2) is 82.6 Å². The molecule has 0 saturated carbocycles. The SMILES string of the molecule is C1N2CN3CN1CN(C2)C3.O.O=S(=O)(O)O.[Cu]. The van der Waals surface area contributed by atoms with Gasteiger partial charge in [-0.3, -0.25) is 28.7 Å². The minimum absolute atomic E-state index is 0. The summed E-state index contributed by atoms with van der Waals surface area (Å²) in [6.07, 6.45) is 0. The van der Waals surface area contributed by atoms with E-state index in [1.807, 2.05) is 0 Å². The van der Waals surface area contributed by atoms with Crippen molar-refractivity contribution in [3.63, 3.8) is 0 Å². The van der Waals surface area contributed by atoms with Gasteiger partial charge < -0.3 is 5.48 Å². The van der Waals surface area contributed by atoms with Crippen LogP contribution < -0.4 is 0 Å². The molecule has 0 aromatic carbocycles. The van der Waals surface area contributed by atoms with Gasteiger partial charge in [-0.15, -0.1) is 0 Å². The van der Waals surface area contributed by atoms with Crippen LogP contribution in [0.5, 0.6) is 0 Å². The molecule has 4 aliphatic heterocycles. The van der Waals surface area contributed by atoms with Crippen LogP contribution in [0.25, 0.3) is 0 Å². The molecule has 0 atom stereocenters. The molecule has 9 nitrogen and oxygen atoms in total. The zero-order valence-corrected chi connectivity index (χ0v) is 10.7. The van der Waals surface area contributed by atoms with Crippen molar-refractivity contribution in [2.75, 3.05) is 40.0 Å². The van der Waals surface area contributed by atoms with Gasteiger partial charge >= 0.3 is 10.4 Å². The summed E-state index contributed by atoms with van der Waals surface area (Å²) in [7, 11) is -4.67. The van der Waals surface area contributed by atoms with Gasteiger partial charge in [0.2, 0.25) is 0 Å². The Morgan fingerprint density at radius 2 is 0.824 bits per heavy atom. The van der Waals surface area contributed by atoms with Crippen LogP contribution in [0, 0.1) is 0 Å². The zero-order valence-electron chi connectivity index (χ0n) is 8.95. The topological polar surface area (TPSA) is 119 Å². The van der Waals surface area contributed by atoms with E-state index in [2.05, 4.69) is 19.6 Å². The average molecular weight is 320 g/mol. The third-order valence-corrected chi connectivity index (χ3v) is 2.40.